The first-order valence-corrected chi connectivity index (χ1v) is 6.05. The van der Waals surface area contributed by atoms with Crippen molar-refractivity contribution in [3.05, 3.63) is 22.2 Å². The molecule has 1 aromatic rings. The summed E-state index contributed by atoms with van der Waals surface area (Å²) in [5.41, 5.74) is 2.57. The van der Waals surface area contributed by atoms with Crippen LogP contribution < -0.4 is 5.32 Å². The Bertz CT molecular complexity index is 338. The zero-order valence-corrected chi connectivity index (χ0v) is 10.1. The van der Waals surface area contributed by atoms with Crippen LogP contribution >= 0.6 is 27.7 Å². The van der Waals surface area contributed by atoms with E-state index in [1.165, 1.54) is 20.6 Å². The third-order valence-corrected chi connectivity index (χ3v) is 3.86. The highest BCUT2D eigenvalue weighted by Gasteiger charge is 2.17. The van der Waals surface area contributed by atoms with E-state index in [-0.39, 0.29) is 0 Å². The van der Waals surface area contributed by atoms with Gasteiger partial charge >= 0.3 is 0 Å². The molecule has 1 nitrogen and oxygen atoms in total. The van der Waals surface area contributed by atoms with Crippen molar-refractivity contribution < 1.29 is 0 Å². The number of hydrogen-bond acceptors (Lipinski definition) is 2. The molecule has 0 aliphatic carbocycles. The SMILES string of the molecule is Cc1cc(Br)c2c(c1)SC(C)CN2. The summed E-state index contributed by atoms with van der Waals surface area (Å²) in [7, 11) is 0. The first-order valence-electron chi connectivity index (χ1n) is 4.37. The molecule has 0 fully saturated rings. The molecule has 70 valence electrons. The third kappa shape index (κ3) is 1.86. The lowest BCUT2D eigenvalue weighted by Crippen LogP contribution is -2.18. The Hall–Kier alpha value is -0.150. The average molecular weight is 258 g/mol. The van der Waals surface area contributed by atoms with Crippen molar-refractivity contribution in [1.82, 2.24) is 0 Å². The minimum atomic E-state index is 0.668. The molecule has 1 atom stereocenters. The van der Waals surface area contributed by atoms with Gasteiger partial charge in [-0.15, -0.1) is 11.8 Å². The highest BCUT2D eigenvalue weighted by atomic mass is 79.9. The number of fused-ring (bicyclic) bond motifs is 1. The third-order valence-electron chi connectivity index (χ3n) is 2.09. The molecule has 2 rings (SSSR count). The second-order valence-electron chi connectivity index (χ2n) is 3.43. The number of rotatable bonds is 0. The van der Waals surface area contributed by atoms with E-state index in [1.54, 1.807) is 0 Å². The van der Waals surface area contributed by atoms with Gasteiger partial charge in [-0.25, -0.2) is 0 Å². The Morgan fingerprint density at radius 2 is 2.31 bits per heavy atom. The molecule has 1 unspecified atom stereocenters. The number of benzene rings is 1. The van der Waals surface area contributed by atoms with Crippen LogP contribution in [-0.2, 0) is 0 Å². The van der Waals surface area contributed by atoms with E-state index in [0.717, 1.165) is 6.54 Å². The first-order chi connectivity index (χ1) is 6.16. The van der Waals surface area contributed by atoms with Crippen molar-refractivity contribution >= 4 is 33.4 Å². The van der Waals surface area contributed by atoms with Gasteiger partial charge in [0.15, 0.2) is 0 Å². The maximum atomic E-state index is 3.58. The quantitative estimate of drug-likeness (QED) is 0.762. The molecule has 1 aromatic carbocycles. The number of anilines is 1. The summed E-state index contributed by atoms with van der Waals surface area (Å²) in [6.45, 7) is 5.43. The summed E-state index contributed by atoms with van der Waals surface area (Å²) >= 11 is 5.52. The van der Waals surface area contributed by atoms with Gasteiger partial charge in [0.25, 0.3) is 0 Å². The fraction of sp³-hybridized carbons (Fsp3) is 0.400. The number of halogens is 1. The zero-order valence-electron chi connectivity index (χ0n) is 7.73. The van der Waals surface area contributed by atoms with Crippen LogP contribution in [0.25, 0.3) is 0 Å². The molecule has 0 bridgehead atoms. The Morgan fingerprint density at radius 3 is 3.08 bits per heavy atom. The monoisotopic (exact) mass is 257 g/mol. The normalized spacial score (nSPS) is 20.7. The molecule has 13 heavy (non-hydrogen) atoms. The number of hydrogen-bond donors (Lipinski definition) is 1. The lowest BCUT2D eigenvalue weighted by Gasteiger charge is -2.24. The van der Waals surface area contributed by atoms with Crippen molar-refractivity contribution in [1.29, 1.82) is 0 Å². The van der Waals surface area contributed by atoms with Gasteiger partial charge in [0.05, 0.1) is 5.69 Å². The summed E-state index contributed by atoms with van der Waals surface area (Å²) in [5, 5.41) is 4.11. The second kappa shape index (κ2) is 3.54. The van der Waals surface area contributed by atoms with Gasteiger partial charge in [0, 0.05) is 21.2 Å². The van der Waals surface area contributed by atoms with E-state index in [2.05, 4.69) is 47.2 Å². The molecule has 1 N–H and O–H groups in total. The van der Waals surface area contributed by atoms with Gasteiger partial charge < -0.3 is 5.32 Å². The van der Waals surface area contributed by atoms with Gasteiger partial charge in [-0.05, 0) is 40.5 Å². The molecule has 0 spiro atoms. The fourth-order valence-corrected chi connectivity index (χ4v) is 3.48. The maximum absolute atomic E-state index is 3.58. The van der Waals surface area contributed by atoms with Gasteiger partial charge in [-0.3, -0.25) is 0 Å². The van der Waals surface area contributed by atoms with Gasteiger partial charge in [0.2, 0.25) is 0 Å². The van der Waals surface area contributed by atoms with Gasteiger partial charge in [0.1, 0.15) is 0 Å². The predicted octanol–water partition coefficient (Wildman–Crippen LogP) is 3.66. The van der Waals surface area contributed by atoms with Crippen LogP contribution in [0.5, 0.6) is 0 Å². The summed E-state index contributed by atoms with van der Waals surface area (Å²) < 4.78 is 1.18. The van der Waals surface area contributed by atoms with Crippen molar-refractivity contribution in [2.24, 2.45) is 0 Å². The molecule has 1 aliphatic rings. The average Bonchev–Trinajstić information content (AvgIpc) is 2.02. The molecule has 0 saturated carbocycles. The standard InChI is InChI=1S/C10H12BrNS/c1-6-3-8(11)10-9(4-6)13-7(2)5-12-10/h3-4,7,12H,5H2,1-2H3. The zero-order chi connectivity index (χ0) is 9.42. The van der Waals surface area contributed by atoms with E-state index < -0.39 is 0 Å². The van der Waals surface area contributed by atoms with Crippen molar-refractivity contribution in [2.75, 3.05) is 11.9 Å². The topological polar surface area (TPSA) is 12.0 Å². The van der Waals surface area contributed by atoms with E-state index in [9.17, 15) is 0 Å². The molecule has 1 heterocycles. The van der Waals surface area contributed by atoms with Crippen LogP contribution in [0, 0.1) is 6.92 Å². The van der Waals surface area contributed by atoms with E-state index >= 15 is 0 Å². The molecule has 0 amide bonds. The smallest absolute Gasteiger partial charge is 0.0623 e. The van der Waals surface area contributed by atoms with Crippen LogP contribution in [-0.4, -0.2) is 11.8 Å². The Morgan fingerprint density at radius 1 is 1.54 bits per heavy atom. The van der Waals surface area contributed by atoms with Gasteiger partial charge in [-0.1, -0.05) is 6.92 Å². The van der Waals surface area contributed by atoms with Crippen LogP contribution in [0.4, 0.5) is 5.69 Å². The highest BCUT2D eigenvalue weighted by molar-refractivity contribution is 9.10. The molecule has 1 aliphatic heterocycles. The Balaban J connectivity index is 2.47. The van der Waals surface area contributed by atoms with Crippen LogP contribution in [0.15, 0.2) is 21.5 Å². The second-order valence-corrected chi connectivity index (χ2v) is 5.76. The summed E-state index contributed by atoms with van der Waals surface area (Å²) in [5.74, 6) is 0. The van der Waals surface area contributed by atoms with E-state index in [4.69, 9.17) is 0 Å². The molecule has 3 heteroatoms. The predicted molar refractivity (Wildman–Crippen MR) is 62.7 cm³/mol. The van der Waals surface area contributed by atoms with Gasteiger partial charge in [-0.2, -0.15) is 0 Å². The molecular weight excluding hydrogens is 246 g/mol. The lowest BCUT2D eigenvalue weighted by molar-refractivity contribution is 0.971. The molecule has 0 radical (unpaired) electrons. The number of thioether (sulfide) groups is 1. The Kier molecular flexibility index (Phi) is 2.56. The Labute approximate surface area is 91.4 Å². The van der Waals surface area contributed by atoms with E-state index in [1.807, 2.05) is 11.8 Å². The minimum Gasteiger partial charge on any atom is -0.382 e. The van der Waals surface area contributed by atoms with E-state index in [0.29, 0.717) is 5.25 Å². The van der Waals surface area contributed by atoms with Crippen LogP contribution in [0.1, 0.15) is 12.5 Å². The van der Waals surface area contributed by atoms with Crippen molar-refractivity contribution in [3.63, 3.8) is 0 Å². The fourth-order valence-electron chi connectivity index (χ4n) is 1.48. The summed E-state index contributed by atoms with van der Waals surface area (Å²) in [4.78, 5) is 1.37. The highest BCUT2D eigenvalue weighted by Crippen LogP contribution is 2.40. The van der Waals surface area contributed by atoms with Crippen LogP contribution in [0.3, 0.4) is 0 Å². The van der Waals surface area contributed by atoms with Crippen LogP contribution in [0.2, 0.25) is 0 Å². The maximum Gasteiger partial charge on any atom is 0.0623 e. The number of aryl methyl sites for hydroxylation is 1. The number of nitrogens with one attached hydrogen (secondary N) is 1. The summed E-state index contributed by atoms with van der Waals surface area (Å²) in [6.07, 6.45) is 0. The summed E-state index contributed by atoms with van der Waals surface area (Å²) in [6, 6.07) is 4.40. The molecule has 0 saturated heterocycles. The first kappa shape index (κ1) is 9.41. The molecule has 0 aromatic heterocycles. The lowest BCUT2D eigenvalue weighted by atomic mass is 10.2. The largest absolute Gasteiger partial charge is 0.382 e. The molecular formula is C10H12BrNS. The van der Waals surface area contributed by atoms with Crippen molar-refractivity contribution in [2.45, 2.75) is 24.0 Å². The minimum absolute atomic E-state index is 0.668. The van der Waals surface area contributed by atoms with Crippen molar-refractivity contribution in [3.8, 4) is 0 Å².